The Kier molecular flexibility index (Phi) is 5.58. The van der Waals surface area contributed by atoms with Gasteiger partial charge in [0.2, 0.25) is 0 Å². The third-order valence-corrected chi connectivity index (χ3v) is 5.62. The average Bonchev–Trinajstić information content (AvgIpc) is 2.75. The fourth-order valence-corrected chi connectivity index (χ4v) is 3.86. The lowest BCUT2D eigenvalue weighted by atomic mass is 9.84. The van der Waals surface area contributed by atoms with E-state index in [1.54, 1.807) is 13.2 Å². The molecule has 1 saturated heterocycles. The number of nitrogens with one attached hydrogen (secondary N) is 1. The molecule has 1 aromatic rings. The molecule has 25 heavy (non-hydrogen) atoms. The van der Waals surface area contributed by atoms with Gasteiger partial charge in [0.1, 0.15) is 12.3 Å². The predicted molar refractivity (Wildman–Crippen MR) is 99.3 cm³/mol. The Morgan fingerprint density at radius 3 is 2.52 bits per heavy atom. The van der Waals surface area contributed by atoms with Crippen LogP contribution in [0.15, 0.2) is 21.5 Å². The third-order valence-electron chi connectivity index (χ3n) is 4.46. The van der Waals surface area contributed by atoms with Gasteiger partial charge in [-0.3, -0.25) is 14.3 Å². The van der Waals surface area contributed by atoms with Crippen LogP contribution < -0.4 is 11.2 Å². The van der Waals surface area contributed by atoms with Gasteiger partial charge in [-0.2, -0.15) is 0 Å². The molecule has 0 bridgehead atoms. The van der Waals surface area contributed by atoms with Crippen LogP contribution in [0.5, 0.6) is 0 Å². The first-order valence-corrected chi connectivity index (χ1v) is 11.9. The molecule has 2 rings (SSSR count). The number of aliphatic hydroxyl groups is 1. The lowest BCUT2D eigenvalue weighted by Gasteiger charge is -2.31. The zero-order valence-corrected chi connectivity index (χ0v) is 16.7. The summed E-state index contributed by atoms with van der Waals surface area (Å²) >= 11 is 0. The summed E-state index contributed by atoms with van der Waals surface area (Å²) in [7, 11) is 0.0618. The summed E-state index contributed by atoms with van der Waals surface area (Å²) in [6.07, 6.45) is 1.72. The Morgan fingerprint density at radius 1 is 1.40 bits per heavy atom. The van der Waals surface area contributed by atoms with Gasteiger partial charge in [-0.15, -0.1) is 0 Å². The van der Waals surface area contributed by atoms with Gasteiger partial charge in [-0.25, -0.2) is 4.79 Å². The van der Waals surface area contributed by atoms with E-state index in [2.05, 4.69) is 24.6 Å². The zero-order valence-electron chi connectivity index (χ0n) is 15.7. The number of hydrogen-bond donors (Lipinski definition) is 2. The maximum Gasteiger partial charge on any atom is 0.330 e. The van der Waals surface area contributed by atoms with Crippen LogP contribution in [0.25, 0.3) is 6.08 Å². The highest BCUT2D eigenvalue weighted by Gasteiger charge is 2.52. The number of methoxy groups -OCH3 is 1. The largest absolute Gasteiger partial charge is 0.394 e. The van der Waals surface area contributed by atoms with Crippen LogP contribution in [0.4, 0.5) is 0 Å². The van der Waals surface area contributed by atoms with Gasteiger partial charge in [0.05, 0.1) is 26.3 Å². The summed E-state index contributed by atoms with van der Waals surface area (Å²) in [5, 5.41) is 9.55. The molecule has 1 aliphatic rings. The molecule has 0 aliphatic carbocycles. The number of hydrogen-bond acceptors (Lipinski definition) is 5. The summed E-state index contributed by atoms with van der Waals surface area (Å²) in [6, 6.07) is 0. The Bertz CT molecular complexity index is 760. The van der Waals surface area contributed by atoms with Crippen molar-refractivity contribution in [3.63, 3.8) is 0 Å². The van der Waals surface area contributed by atoms with E-state index in [9.17, 15) is 14.7 Å². The SMILES string of the molecule is COC1C(CO)OC(n2cc(/C=C/[Si](C)(C)C)c(=O)[nH]c2=O)C1(C)C. The fraction of sp³-hybridized carbons (Fsp3) is 0.647. The van der Waals surface area contributed by atoms with E-state index in [1.807, 2.05) is 19.5 Å². The molecule has 0 saturated carbocycles. The number of aromatic amines is 1. The standard InChI is InChI=1S/C17H28N2O5Si/c1-17(2)13(23-3)12(10-20)24-15(17)19-9-11(7-8-25(4,5)6)14(21)18-16(19)22/h7-9,12-13,15,20H,10H2,1-6H3,(H,18,21,22)/b8-7+. The Hall–Kier alpha value is -1.48. The van der Waals surface area contributed by atoms with Gasteiger partial charge in [0.15, 0.2) is 0 Å². The van der Waals surface area contributed by atoms with Crippen molar-refractivity contribution >= 4 is 14.1 Å². The maximum absolute atomic E-state index is 12.4. The molecule has 1 aromatic heterocycles. The number of nitrogens with zero attached hydrogens (tertiary/aromatic N) is 1. The molecule has 7 nitrogen and oxygen atoms in total. The average molecular weight is 369 g/mol. The summed E-state index contributed by atoms with van der Waals surface area (Å²) < 4.78 is 12.8. The van der Waals surface area contributed by atoms with Gasteiger partial charge in [0, 0.05) is 18.7 Å². The highest BCUT2D eigenvalue weighted by atomic mass is 28.3. The van der Waals surface area contributed by atoms with Crippen molar-refractivity contribution in [1.82, 2.24) is 9.55 Å². The zero-order chi connectivity index (χ0) is 19.0. The molecule has 0 amide bonds. The maximum atomic E-state index is 12.4. The van der Waals surface area contributed by atoms with E-state index in [-0.39, 0.29) is 12.7 Å². The Balaban J connectivity index is 2.51. The molecule has 2 N–H and O–H groups in total. The number of aliphatic hydroxyl groups excluding tert-OH is 1. The van der Waals surface area contributed by atoms with E-state index in [4.69, 9.17) is 9.47 Å². The second kappa shape index (κ2) is 7.03. The second-order valence-corrected chi connectivity index (χ2v) is 13.2. The normalized spacial score (nSPS) is 26.4. The molecule has 8 heteroatoms. The van der Waals surface area contributed by atoms with Crippen LogP contribution in [0.3, 0.4) is 0 Å². The van der Waals surface area contributed by atoms with E-state index < -0.39 is 37.1 Å². The highest BCUT2D eigenvalue weighted by molar-refractivity contribution is 6.81. The van der Waals surface area contributed by atoms with E-state index >= 15 is 0 Å². The molecule has 1 fully saturated rings. The van der Waals surface area contributed by atoms with Crippen molar-refractivity contribution < 1.29 is 14.6 Å². The summed E-state index contributed by atoms with van der Waals surface area (Å²) in [5.74, 6) is 0. The molecule has 140 valence electrons. The molecule has 3 unspecified atom stereocenters. The van der Waals surface area contributed by atoms with Crippen molar-refractivity contribution in [3.8, 4) is 0 Å². The van der Waals surface area contributed by atoms with Gasteiger partial charge in [-0.1, -0.05) is 45.3 Å². The first-order valence-electron chi connectivity index (χ1n) is 8.35. The lowest BCUT2D eigenvalue weighted by molar-refractivity contribution is -0.0560. The summed E-state index contributed by atoms with van der Waals surface area (Å²) in [4.78, 5) is 26.8. The van der Waals surface area contributed by atoms with Crippen LogP contribution in [0.1, 0.15) is 25.6 Å². The highest BCUT2D eigenvalue weighted by Crippen LogP contribution is 2.45. The van der Waals surface area contributed by atoms with Gasteiger partial charge < -0.3 is 14.6 Å². The molecule has 0 spiro atoms. The van der Waals surface area contributed by atoms with Crippen LogP contribution >= 0.6 is 0 Å². The second-order valence-electron chi connectivity index (χ2n) is 8.14. The Morgan fingerprint density at radius 2 is 2.04 bits per heavy atom. The molecule has 3 atom stereocenters. The Labute approximate surface area is 148 Å². The van der Waals surface area contributed by atoms with Crippen LogP contribution in [0, 0.1) is 5.41 Å². The molecule has 2 heterocycles. The van der Waals surface area contributed by atoms with Crippen molar-refractivity contribution in [2.75, 3.05) is 13.7 Å². The summed E-state index contributed by atoms with van der Waals surface area (Å²) in [5.41, 5.74) is 0.920. The minimum Gasteiger partial charge on any atom is -0.394 e. The van der Waals surface area contributed by atoms with E-state index in [0.717, 1.165) is 0 Å². The van der Waals surface area contributed by atoms with E-state index in [0.29, 0.717) is 5.56 Å². The van der Waals surface area contributed by atoms with Crippen molar-refractivity contribution in [2.45, 2.75) is 51.9 Å². The van der Waals surface area contributed by atoms with Crippen molar-refractivity contribution in [2.24, 2.45) is 5.41 Å². The first-order chi connectivity index (χ1) is 11.5. The molecule has 0 aromatic carbocycles. The summed E-state index contributed by atoms with van der Waals surface area (Å²) in [6.45, 7) is 10.1. The topological polar surface area (TPSA) is 93.5 Å². The van der Waals surface area contributed by atoms with Crippen LogP contribution in [-0.2, 0) is 9.47 Å². The van der Waals surface area contributed by atoms with Gasteiger partial charge in [0.25, 0.3) is 5.56 Å². The molecule has 0 radical (unpaired) electrons. The first kappa shape index (κ1) is 19.8. The number of H-pyrrole nitrogens is 1. The third kappa shape index (κ3) is 4.03. The fourth-order valence-electron chi connectivity index (χ4n) is 3.18. The number of aromatic nitrogens is 2. The lowest BCUT2D eigenvalue weighted by Crippen LogP contribution is -2.41. The van der Waals surface area contributed by atoms with Gasteiger partial charge in [-0.05, 0) is 0 Å². The van der Waals surface area contributed by atoms with Crippen LogP contribution in [0.2, 0.25) is 19.6 Å². The van der Waals surface area contributed by atoms with Gasteiger partial charge >= 0.3 is 5.69 Å². The minimum atomic E-state index is -1.49. The molecular weight excluding hydrogens is 340 g/mol. The van der Waals surface area contributed by atoms with E-state index in [1.165, 1.54) is 10.8 Å². The molecule has 1 aliphatic heterocycles. The van der Waals surface area contributed by atoms with Crippen LogP contribution in [-0.4, -0.2) is 48.7 Å². The monoisotopic (exact) mass is 368 g/mol. The number of ether oxygens (including phenoxy) is 2. The minimum absolute atomic E-state index is 0.209. The quantitative estimate of drug-likeness (QED) is 0.766. The van der Waals surface area contributed by atoms with Crippen molar-refractivity contribution in [1.29, 1.82) is 0 Å². The molecular formula is C17H28N2O5Si. The predicted octanol–water partition coefficient (Wildman–Crippen LogP) is 1.36. The smallest absolute Gasteiger partial charge is 0.330 e. The number of rotatable bonds is 5. The van der Waals surface area contributed by atoms with Crippen molar-refractivity contribution in [3.05, 3.63) is 38.3 Å².